The van der Waals surface area contributed by atoms with Crippen LogP contribution < -0.4 is 5.32 Å². The highest BCUT2D eigenvalue weighted by atomic mass is 32.1. The Morgan fingerprint density at radius 2 is 1.97 bits per heavy atom. The van der Waals surface area contributed by atoms with Crippen molar-refractivity contribution >= 4 is 30.5 Å². The number of nitrogens with zero attached hydrogens (tertiary/aromatic N) is 4. The van der Waals surface area contributed by atoms with E-state index in [2.05, 4.69) is 24.5 Å². The number of carbonyl (C=O) groups is 3. The molecule has 1 unspecified atom stereocenters. The molecule has 0 aromatic heterocycles. The molecule has 2 heterocycles. The average molecular weight is 486 g/mol. The second kappa shape index (κ2) is 11.6. The number of likely N-dealkylation sites (N-methyl/N-ethyl adjacent to an activating group) is 1. The fourth-order valence-corrected chi connectivity index (χ4v) is 4.71. The number of piperazine rings is 1. The smallest absolute Gasteiger partial charge is 0.334 e. The lowest BCUT2D eigenvalue weighted by Gasteiger charge is -2.54. The van der Waals surface area contributed by atoms with E-state index in [4.69, 9.17) is 0 Å². The van der Waals surface area contributed by atoms with Crippen LogP contribution >= 0.6 is 12.6 Å². The van der Waals surface area contributed by atoms with E-state index in [-0.39, 0.29) is 36.9 Å². The van der Waals surface area contributed by atoms with Crippen molar-refractivity contribution in [1.82, 2.24) is 25.1 Å². The van der Waals surface area contributed by atoms with E-state index in [1.54, 1.807) is 39.0 Å². The standard InChI is InChI=1S/C25H35N5O3S/c1-5-9-20(34)12-13-28-16-22-29(21(24(28)32)14-18(2)3)23(31)17-27(4)30(22)25(33)26-15-19-10-7-6-8-11-19/h5-11,18,21-22,34H,1,12-17H2,2-4H3,(H,26,33)/b20-9-/t21-,22?/m0/s1. The molecule has 1 N–H and O–H groups in total. The molecule has 0 radical (unpaired) electrons. The molecule has 1 aromatic carbocycles. The summed E-state index contributed by atoms with van der Waals surface area (Å²) >= 11 is 4.46. The topological polar surface area (TPSA) is 76.2 Å². The largest absolute Gasteiger partial charge is 0.337 e. The summed E-state index contributed by atoms with van der Waals surface area (Å²) in [4.78, 5) is 44.1. The van der Waals surface area contributed by atoms with E-state index in [0.29, 0.717) is 25.9 Å². The molecule has 0 saturated carbocycles. The summed E-state index contributed by atoms with van der Waals surface area (Å²) in [5.74, 6) is -0.00426. The minimum absolute atomic E-state index is 0.0417. The van der Waals surface area contributed by atoms with Crippen molar-refractivity contribution < 1.29 is 14.4 Å². The second-order valence-electron chi connectivity index (χ2n) is 9.16. The highest BCUT2D eigenvalue weighted by Crippen LogP contribution is 2.29. The Balaban J connectivity index is 1.85. The zero-order valence-electron chi connectivity index (χ0n) is 20.2. The van der Waals surface area contributed by atoms with Crippen LogP contribution in [-0.2, 0) is 16.1 Å². The molecule has 34 heavy (non-hydrogen) atoms. The minimum Gasteiger partial charge on any atom is -0.337 e. The Kier molecular flexibility index (Phi) is 8.79. The van der Waals surface area contributed by atoms with Crippen LogP contribution in [-0.4, -0.2) is 76.6 Å². The van der Waals surface area contributed by atoms with Crippen LogP contribution in [0.3, 0.4) is 0 Å². The molecule has 1 aromatic rings. The number of hydrogen-bond acceptors (Lipinski definition) is 5. The summed E-state index contributed by atoms with van der Waals surface area (Å²) < 4.78 is 0. The van der Waals surface area contributed by atoms with Gasteiger partial charge in [-0.15, -0.1) is 12.6 Å². The van der Waals surface area contributed by atoms with Crippen molar-refractivity contribution in [3.63, 3.8) is 0 Å². The number of amides is 4. The number of fused-ring (bicyclic) bond motifs is 1. The molecule has 2 fully saturated rings. The number of carbonyl (C=O) groups excluding carboxylic acids is 3. The fraction of sp³-hybridized carbons (Fsp3) is 0.480. The van der Waals surface area contributed by atoms with Gasteiger partial charge >= 0.3 is 6.03 Å². The van der Waals surface area contributed by atoms with E-state index < -0.39 is 12.2 Å². The van der Waals surface area contributed by atoms with Crippen molar-refractivity contribution in [1.29, 1.82) is 0 Å². The molecule has 2 saturated heterocycles. The first-order valence-corrected chi connectivity index (χ1v) is 12.1. The molecule has 0 spiro atoms. The normalized spacial score (nSPS) is 21.7. The Morgan fingerprint density at radius 3 is 2.62 bits per heavy atom. The lowest BCUT2D eigenvalue weighted by atomic mass is 9.97. The number of benzene rings is 1. The molecular formula is C25H35N5O3S. The molecular weight excluding hydrogens is 450 g/mol. The minimum atomic E-state index is -0.601. The fourth-order valence-electron chi connectivity index (χ4n) is 4.51. The van der Waals surface area contributed by atoms with Crippen LogP contribution in [0.25, 0.3) is 0 Å². The summed E-state index contributed by atoms with van der Waals surface area (Å²) in [6.07, 6.45) is 4.01. The van der Waals surface area contributed by atoms with Crippen LogP contribution in [0.15, 0.2) is 54.0 Å². The summed E-state index contributed by atoms with van der Waals surface area (Å²) in [5, 5.41) is 6.19. The van der Waals surface area contributed by atoms with Gasteiger partial charge in [-0.25, -0.2) is 14.8 Å². The first-order chi connectivity index (χ1) is 16.2. The predicted molar refractivity (Wildman–Crippen MR) is 135 cm³/mol. The number of hydrogen-bond donors (Lipinski definition) is 2. The third kappa shape index (κ3) is 6.01. The van der Waals surface area contributed by atoms with Crippen LogP contribution in [0.5, 0.6) is 0 Å². The highest BCUT2D eigenvalue weighted by molar-refractivity contribution is 7.84. The highest BCUT2D eigenvalue weighted by Gasteiger charge is 2.50. The third-order valence-electron chi connectivity index (χ3n) is 6.08. The lowest BCUT2D eigenvalue weighted by Crippen LogP contribution is -2.76. The van der Waals surface area contributed by atoms with Gasteiger partial charge in [0, 0.05) is 20.1 Å². The number of rotatable bonds is 8. The van der Waals surface area contributed by atoms with E-state index in [9.17, 15) is 14.4 Å². The Labute approximate surface area is 207 Å². The molecule has 8 nitrogen and oxygen atoms in total. The number of thiol groups is 1. The number of hydrazine groups is 1. The molecule has 0 bridgehead atoms. The number of urea groups is 1. The van der Waals surface area contributed by atoms with Gasteiger partial charge in [-0.1, -0.05) is 62.9 Å². The maximum Gasteiger partial charge on any atom is 0.334 e. The van der Waals surface area contributed by atoms with Gasteiger partial charge < -0.3 is 15.1 Å². The van der Waals surface area contributed by atoms with Gasteiger partial charge in [0.1, 0.15) is 12.2 Å². The molecule has 2 atom stereocenters. The summed E-state index contributed by atoms with van der Waals surface area (Å²) in [6, 6.07) is 8.77. The van der Waals surface area contributed by atoms with Gasteiger partial charge in [0.05, 0.1) is 13.1 Å². The van der Waals surface area contributed by atoms with Crippen LogP contribution in [0.4, 0.5) is 4.79 Å². The Bertz CT molecular complexity index is 936. The second-order valence-corrected chi connectivity index (χ2v) is 9.73. The van der Waals surface area contributed by atoms with Crippen LogP contribution in [0.2, 0.25) is 0 Å². The SMILES string of the molecule is C=C/C=C(\S)CCN1CC2N(C(=O)CN(C)N2C(=O)NCc2ccccc2)[C@@H](CC(C)C)C1=O. The Morgan fingerprint density at radius 1 is 1.26 bits per heavy atom. The predicted octanol–water partition coefficient (Wildman–Crippen LogP) is 2.86. The maximum absolute atomic E-state index is 13.4. The van der Waals surface area contributed by atoms with E-state index in [1.807, 2.05) is 44.2 Å². The lowest BCUT2D eigenvalue weighted by molar-refractivity contribution is -0.187. The number of nitrogens with one attached hydrogen (secondary N) is 1. The Hall–Kier alpha value is -2.78. The molecule has 184 valence electrons. The van der Waals surface area contributed by atoms with Gasteiger partial charge in [-0.2, -0.15) is 0 Å². The first-order valence-electron chi connectivity index (χ1n) is 11.7. The first kappa shape index (κ1) is 25.8. The van der Waals surface area contributed by atoms with Gasteiger partial charge in [-0.3, -0.25) is 9.59 Å². The van der Waals surface area contributed by atoms with Crippen LogP contribution in [0, 0.1) is 5.92 Å². The van der Waals surface area contributed by atoms with Crippen molar-refractivity contribution in [2.45, 2.75) is 45.4 Å². The van der Waals surface area contributed by atoms with Gasteiger partial charge in [0.2, 0.25) is 11.8 Å². The van der Waals surface area contributed by atoms with E-state index in [1.165, 1.54) is 0 Å². The molecule has 0 aliphatic carbocycles. The molecule has 4 amide bonds. The van der Waals surface area contributed by atoms with Gasteiger partial charge in [0.25, 0.3) is 0 Å². The van der Waals surface area contributed by atoms with E-state index in [0.717, 1.165) is 10.5 Å². The van der Waals surface area contributed by atoms with Crippen molar-refractivity contribution in [3.8, 4) is 0 Å². The molecule has 2 aliphatic rings. The maximum atomic E-state index is 13.4. The zero-order valence-corrected chi connectivity index (χ0v) is 21.1. The van der Waals surface area contributed by atoms with Crippen LogP contribution in [0.1, 0.15) is 32.3 Å². The van der Waals surface area contributed by atoms with E-state index >= 15 is 0 Å². The van der Waals surface area contributed by atoms with Gasteiger partial charge in [0.15, 0.2) is 0 Å². The molecule has 3 rings (SSSR count). The summed E-state index contributed by atoms with van der Waals surface area (Å²) in [7, 11) is 1.73. The monoisotopic (exact) mass is 485 g/mol. The zero-order chi connectivity index (χ0) is 24.8. The van der Waals surface area contributed by atoms with Crippen molar-refractivity contribution in [2.24, 2.45) is 5.92 Å². The van der Waals surface area contributed by atoms with Crippen molar-refractivity contribution in [2.75, 3.05) is 26.7 Å². The quantitative estimate of drug-likeness (QED) is 0.439. The number of allylic oxidation sites excluding steroid dienone is 2. The third-order valence-corrected chi connectivity index (χ3v) is 6.45. The molecule has 9 heteroatoms. The summed E-state index contributed by atoms with van der Waals surface area (Å²) in [5.41, 5.74) is 0.983. The summed E-state index contributed by atoms with van der Waals surface area (Å²) in [6.45, 7) is 8.87. The average Bonchev–Trinajstić information content (AvgIpc) is 2.78. The van der Waals surface area contributed by atoms with Gasteiger partial charge in [-0.05, 0) is 29.2 Å². The molecule has 2 aliphatic heterocycles. The van der Waals surface area contributed by atoms with Crippen molar-refractivity contribution in [3.05, 3.63) is 59.5 Å².